The lowest BCUT2D eigenvalue weighted by Gasteiger charge is -2.25. The van der Waals surface area contributed by atoms with E-state index in [1.165, 1.54) is 0 Å². The largest absolute Gasteiger partial charge is 0.411 e. The number of hydrogen-bond donors (Lipinski definition) is 1. The van der Waals surface area contributed by atoms with Crippen molar-refractivity contribution in [1.82, 2.24) is 0 Å². The van der Waals surface area contributed by atoms with Gasteiger partial charge < -0.3 is 14.7 Å². The van der Waals surface area contributed by atoms with Crippen molar-refractivity contribution in [1.29, 1.82) is 0 Å². The maximum atomic E-state index is 9.21. The summed E-state index contributed by atoms with van der Waals surface area (Å²) in [4.78, 5) is 0. The zero-order chi connectivity index (χ0) is 13.8. The first-order valence-electron chi connectivity index (χ1n) is 7.01. The van der Waals surface area contributed by atoms with E-state index in [1.807, 2.05) is 0 Å². The summed E-state index contributed by atoms with van der Waals surface area (Å²) in [6.45, 7) is 4.32. The Kier molecular flexibility index (Phi) is 11.1. The van der Waals surface area contributed by atoms with Crippen LogP contribution < -0.4 is 0 Å². The highest BCUT2D eigenvalue weighted by Crippen LogP contribution is 2.21. The number of hydrogen-bond acceptors (Lipinski definition) is 4. The Morgan fingerprint density at radius 2 is 1.67 bits per heavy atom. The molecular formula is C14H29NO3. The fourth-order valence-electron chi connectivity index (χ4n) is 2.17. The molecule has 0 aliphatic carbocycles. The third kappa shape index (κ3) is 6.36. The highest BCUT2D eigenvalue weighted by Gasteiger charge is 2.26. The van der Waals surface area contributed by atoms with Gasteiger partial charge in [0, 0.05) is 14.2 Å². The minimum Gasteiger partial charge on any atom is -0.411 e. The zero-order valence-electron chi connectivity index (χ0n) is 12.3. The van der Waals surface area contributed by atoms with Gasteiger partial charge in [-0.25, -0.2) is 0 Å². The lowest BCUT2D eigenvalue weighted by atomic mass is 9.92. The highest BCUT2D eigenvalue weighted by molar-refractivity contribution is 5.86. The Hall–Kier alpha value is -0.610. The molecule has 0 heterocycles. The molecular weight excluding hydrogens is 230 g/mol. The fraction of sp³-hybridized carbons (Fsp3) is 0.929. The van der Waals surface area contributed by atoms with Crippen LogP contribution in [0.15, 0.2) is 5.16 Å². The van der Waals surface area contributed by atoms with E-state index in [1.54, 1.807) is 14.2 Å². The van der Waals surface area contributed by atoms with E-state index in [0.29, 0.717) is 0 Å². The van der Waals surface area contributed by atoms with Gasteiger partial charge in [-0.15, -0.1) is 0 Å². The van der Waals surface area contributed by atoms with Gasteiger partial charge in [0.15, 0.2) is 6.29 Å². The first-order chi connectivity index (χ1) is 8.74. The van der Waals surface area contributed by atoms with Crippen LogP contribution in [0.1, 0.15) is 58.8 Å². The smallest absolute Gasteiger partial charge is 0.164 e. The third-order valence-corrected chi connectivity index (χ3v) is 3.25. The van der Waals surface area contributed by atoms with Gasteiger partial charge in [-0.3, -0.25) is 0 Å². The Morgan fingerprint density at radius 3 is 2.11 bits per heavy atom. The number of methoxy groups -OCH3 is 2. The van der Waals surface area contributed by atoms with Crippen molar-refractivity contribution in [3.05, 3.63) is 0 Å². The maximum Gasteiger partial charge on any atom is 0.164 e. The molecule has 18 heavy (non-hydrogen) atoms. The Labute approximate surface area is 111 Å². The first kappa shape index (κ1) is 17.4. The summed E-state index contributed by atoms with van der Waals surface area (Å²) in [6.07, 6.45) is 7.02. The fourth-order valence-corrected chi connectivity index (χ4v) is 2.17. The molecule has 1 unspecified atom stereocenters. The van der Waals surface area contributed by atoms with Crippen LogP contribution in [0, 0.1) is 5.92 Å². The zero-order valence-corrected chi connectivity index (χ0v) is 12.3. The summed E-state index contributed by atoms with van der Waals surface area (Å²) in [5, 5.41) is 12.7. The predicted octanol–water partition coefficient (Wildman–Crippen LogP) is 3.82. The van der Waals surface area contributed by atoms with Crippen molar-refractivity contribution in [2.24, 2.45) is 11.1 Å². The van der Waals surface area contributed by atoms with Gasteiger partial charge in [0.2, 0.25) is 0 Å². The molecule has 0 aliphatic rings. The Morgan fingerprint density at radius 1 is 1.06 bits per heavy atom. The van der Waals surface area contributed by atoms with E-state index in [2.05, 4.69) is 19.0 Å². The van der Waals surface area contributed by atoms with E-state index in [9.17, 15) is 5.21 Å². The van der Waals surface area contributed by atoms with Crippen LogP contribution in [0.5, 0.6) is 0 Å². The van der Waals surface area contributed by atoms with Gasteiger partial charge in [-0.1, -0.05) is 44.7 Å². The SMILES string of the molecule is CCCCC/C(=N\O)C(CCCC)C(OC)OC. The number of oxime groups is 1. The van der Waals surface area contributed by atoms with Gasteiger partial charge >= 0.3 is 0 Å². The van der Waals surface area contributed by atoms with Crippen LogP contribution in [-0.4, -0.2) is 31.4 Å². The summed E-state index contributed by atoms with van der Waals surface area (Å²) in [7, 11) is 3.27. The van der Waals surface area contributed by atoms with Crippen molar-refractivity contribution >= 4 is 5.71 Å². The molecule has 0 rings (SSSR count). The van der Waals surface area contributed by atoms with Crippen molar-refractivity contribution in [3.8, 4) is 0 Å². The van der Waals surface area contributed by atoms with Gasteiger partial charge in [0.1, 0.15) is 0 Å². The van der Waals surface area contributed by atoms with Crippen LogP contribution >= 0.6 is 0 Å². The number of unbranched alkanes of at least 4 members (excludes halogenated alkanes) is 3. The second-order valence-corrected chi connectivity index (χ2v) is 4.64. The molecule has 0 aromatic rings. The first-order valence-corrected chi connectivity index (χ1v) is 7.01. The van der Waals surface area contributed by atoms with Crippen LogP contribution in [0.3, 0.4) is 0 Å². The van der Waals surface area contributed by atoms with Crippen molar-refractivity contribution < 1.29 is 14.7 Å². The van der Waals surface area contributed by atoms with Gasteiger partial charge in [0.05, 0.1) is 11.6 Å². The molecule has 0 saturated carbocycles. The number of nitrogens with zero attached hydrogens (tertiary/aromatic N) is 1. The van der Waals surface area contributed by atoms with E-state index < -0.39 is 0 Å². The average molecular weight is 259 g/mol. The molecule has 0 bridgehead atoms. The molecule has 0 amide bonds. The van der Waals surface area contributed by atoms with Crippen molar-refractivity contribution in [3.63, 3.8) is 0 Å². The molecule has 0 aliphatic heterocycles. The molecule has 4 nitrogen and oxygen atoms in total. The van der Waals surface area contributed by atoms with Crippen LogP contribution in [0.4, 0.5) is 0 Å². The summed E-state index contributed by atoms with van der Waals surface area (Å²) < 4.78 is 10.7. The highest BCUT2D eigenvalue weighted by atomic mass is 16.7. The lowest BCUT2D eigenvalue weighted by Crippen LogP contribution is -2.31. The van der Waals surface area contributed by atoms with Gasteiger partial charge in [-0.2, -0.15) is 0 Å². The number of rotatable bonds is 11. The molecule has 0 fully saturated rings. The quantitative estimate of drug-likeness (QED) is 0.202. The lowest BCUT2D eigenvalue weighted by molar-refractivity contribution is -0.124. The summed E-state index contributed by atoms with van der Waals surface area (Å²) in [5.74, 6) is 0.0572. The molecule has 0 saturated heterocycles. The molecule has 108 valence electrons. The Bertz CT molecular complexity index is 215. The molecule has 0 radical (unpaired) electrons. The monoisotopic (exact) mass is 259 g/mol. The number of ether oxygens (including phenoxy) is 2. The summed E-state index contributed by atoms with van der Waals surface area (Å²) >= 11 is 0. The minimum absolute atomic E-state index is 0.0572. The maximum absolute atomic E-state index is 9.21. The second kappa shape index (κ2) is 11.5. The van der Waals surface area contributed by atoms with Crippen LogP contribution in [0.25, 0.3) is 0 Å². The van der Waals surface area contributed by atoms with Gasteiger partial charge in [-0.05, 0) is 19.3 Å². The van der Waals surface area contributed by atoms with Gasteiger partial charge in [0.25, 0.3) is 0 Å². The normalized spacial score (nSPS) is 14.2. The van der Waals surface area contributed by atoms with Crippen molar-refractivity contribution in [2.75, 3.05) is 14.2 Å². The summed E-state index contributed by atoms with van der Waals surface area (Å²) in [5.41, 5.74) is 0.811. The molecule has 0 aromatic carbocycles. The van der Waals surface area contributed by atoms with E-state index in [0.717, 1.165) is 50.7 Å². The third-order valence-electron chi connectivity index (χ3n) is 3.25. The van der Waals surface area contributed by atoms with E-state index in [-0.39, 0.29) is 12.2 Å². The molecule has 0 aromatic heterocycles. The minimum atomic E-state index is -0.316. The van der Waals surface area contributed by atoms with E-state index in [4.69, 9.17) is 9.47 Å². The standard InChI is InChI=1S/C14H29NO3/c1-5-7-9-11-13(15-16)12(10-8-6-2)14(17-3)18-4/h12,14,16H,5-11H2,1-4H3/b15-13+. The van der Waals surface area contributed by atoms with Crippen molar-refractivity contribution in [2.45, 2.75) is 65.1 Å². The molecule has 1 N–H and O–H groups in total. The molecule has 1 atom stereocenters. The topological polar surface area (TPSA) is 51.1 Å². The average Bonchev–Trinajstić information content (AvgIpc) is 2.40. The van der Waals surface area contributed by atoms with Crippen LogP contribution in [0.2, 0.25) is 0 Å². The Balaban J connectivity index is 4.56. The predicted molar refractivity (Wildman–Crippen MR) is 74.2 cm³/mol. The second-order valence-electron chi connectivity index (χ2n) is 4.64. The molecule has 0 spiro atoms. The molecule has 4 heteroatoms. The van der Waals surface area contributed by atoms with E-state index >= 15 is 0 Å². The summed E-state index contributed by atoms with van der Waals surface area (Å²) in [6, 6.07) is 0. The van der Waals surface area contributed by atoms with Crippen LogP contribution in [-0.2, 0) is 9.47 Å².